The molecule has 0 atom stereocenters. The van der Waals surface area contributed by atoms with Gasteiger partial charge in [-0.25, -0.2) is 4.98 Å². The molecule has 1 saturated heterocycles. The third kappa shape index (κ3) is 3.77. The second-order valence-corrected chi connectivity index (χ2v) is 7.06. The van der Waals surface area contributed by atoms with E-state index in [0.717, 1.165) is 58.3 Å². The molecule has 0 spiro atoms. The Morgan fingerprint density at radius 2 is 2.04 bits per heavy atom. The van der Waals surface area contributed by atoms with E-state index in [4.69, 9.17) is 4.74 Å². The maximum Gasteiger partial charge on any atom is 0.225 e. The van der Waals surface area contributed by atoms with Crippen LogP contribution in [-0.2, 0) is 22.5 Å². The second kappa shape index (κ2) is 7.47. The van der Waals surface area contributed by atoms with E-state index in [0.29, 0.717) is 17.7 Å². The van der Waals surface area contributed by atoms with Crippen LogP contribution in [0.4, 0.5) is 0 Å². The SMILES string of the molecule is COCCn1c(C)cnc1CC1CCN(C(=O)C2CCC2)CC1. The molecule has 0 bridgehead atoms. The standard InChI is InChI=1S/C18H29N3O2/c1-14-13-19-17(21(14)10-11-23-2)12-15-6-8-20(9-7-15)18(22)16-4-3-5-16/h13,15-16H,3-12H2,1-2H3. The normalized spacial score (nSPS) is 19.8. The van der Waals surface area contributed by atoms with E-state index < -0.39 is 0 Å². The van der Waals surface area contributed by atoms with Crippen LogP contribution in [0.5, 0.6) is 0 Å². The smallest absolute Gasteiger partial charge is 0.225 e. The zero-order valence-corrected chi connectivity index (χ0v) is 14.5. The third-order valence-electron chi connectivity index (χ3n) is 5.51. The van der Waals surface area contributed by atoms with Crippen molar-refractivity contribution in [3.05, 3.63) is 17.7 Å². The summed E-state index contributed by atoms with van der Waals surface area (Å²) in [5, 5.41) is 0. The number of piperidine rings is 1. The summed E-state index contributed by atoms with van der Waals surface area (Å²) in [6.45, 7) is 5.55. The van der Waals surface area contributed by atoms with E-state index in [9.17, 15) is 4.79 Å². The highest BCUT2D eigenvalue weighted by molar-refractivity contribution is 5.79. The molecule has 2 heterocycles. The minimum Gasteiger partial charge on any atom is -0.383 e. The summed E-state index contributed by atoms with van der Waals surface area (Å²) in [5.41, 5.74) is 1.20. The van der Waals surface area contributed by atoms with Crippen molar-refractivity contribution in [1.29, 1.82) is 0 Å². The predicted molar refractivity (Wildman–Crippen MR) is 89.2 cm³/mol. The molecule has 0 aromatic carbocycles. The molecule has 5 heteroatoms. The highest BCUT2D eigenvalue weighted by Crippen LogP contribution is 2.30. The fourth-order valence-corrected chi connectivity index (χ4v) is 3.69. The molecular formula is C18H29N3O2. The average Bonchev–Trinajstić information content (AvgIpc) is 2.84. The molecule has 1 aliphatic heterocycles. The van der Waals surface area contributed by atoms with Gasteiger partial charge in [-0.05, 0) is 38.5 Å². The van der Waals surface area contributed by atoms with Gasteiger partial charge in [0.05, 0.1) is 6.61 Å². The first-order valence-corrected chi connectivity index (χ1v) is 8.97. The van der Waals surface area contributed by atoms with Crippen LogP contribution < -0.4 is 0 Å². The van der Waals surface area contributed by atoms with Gasteiger partial charge in [-0.2, -0.15) is 0 Å². The molecule has 1 aliphatic carbocycles. The molecule has 1 aromatic heterocycles. The largest absolute Gasteiger partial charge is 0.383 e. The Hall–Kier alpha value is -1.36. The number of hydrogen-bond acceptors (Lipinski definition) is 3. The fourth-order valence-electron chi connectivity index (χ4n) is 3.69. The van der Waals surface area contributed by atoms with Crippen LogP contribution in [0.25, 0.3) is 0 Å². The van der Waals surface area contributed by atoms with Gasteiger partial charge >= 0.3 is 0 Å². The molecule has 0 radical (unpaired) electrons. The van der Waals surface area contributed by atoms with Gasteiger partial charge in [0.1, 0.15) is 5.82 Å². The number of nitrogens with zero attached hydrogens (tertiary/aromatic N) is 3. The highest BCUT2D eigenvalue weighted by Gasteiger charge is 2.31. The van der Waals surface area contributed by atoms with Crippen molar-refractivity contribution < 1.29 is 9.53 Å². The van der Waals surface area contributed by atoms with Gasteiger partial charge in [-0.1, -0.05) is 6.42 Å². The third-order valence-corrected chi connectivity index (χ3v) is 5.51. The first-order chi connectivity index (χ1) is 11.2. The van der Waals surface area contributed by atoms with Crippen molar-refractivity contribution in [2.24, 2.45) is 11.8 Å². The first-order valence-electron chi connectivity index (χ1n) is 8.97. The minimum atomic E-state index is 0.335. The number of carbonyl (C=O) groups is 1. The maximum absolute atomic E-state index is 12.3. The van der Waals surface area contributed by atoms with Crippen LogP contribution in [0.1, 0.15) is 43.6 Å². The van der Waals surface area contributed by atoms with Gasteiger partial charge < -0.3 is 14.2 Å². The number of ether oxygens (including phenoxy) is 1. The topological polar surface area (TPSA) is 47.4 Å². The number of methoxy groups -OCH3 is 1. The molecule has 5 nitrogen and oxygen atoms in total. The van der Waals surface area contributed by atoms with E-state index in [2.05, 4.69) is 21.4 Å². The Morgan fingerprint density at radius 3 is 2.65 bits per heavy atom. The zero-order chi connectivity index (χ0) is 16.2. The number of aryl methyl sites for hydroxylation is 1. The van der Waals surface area contributed by atoms with Crippen molar-refractivity contribution >= 4 is 5.91 Å². The second-order valence-electron chi connectivity index (χ2n) is 7.06. The van der Waals surface area contributed by atoms with Crippen LogP contribution in [0.2, 0.25) is 0 Å². The average molecular weight is 319 g/mol. The van der Waals surface area contributed by atoms with Crippen LogP contribution in [-0.4, -0.2) is 47.2 Å². The van der Waals surface area contributed by atoms with E-state index in [1.807, 2.05) is 6.20 Å². The monoisotopic (exact) mass is 319 g/mol. The van der Waals surface area contributed by atoms with E-state index in [1.54, 1.807) is 7.11 Å². The van der Waals surface area contributed by atoms with Crippen molar-refractivity contribution in [1.82, 2.24) is 14.5 Å². The number of rotatable bonds is 6. The lowest BCUT2D eigenvalue weighted by molar-refractivity contribution is -0.139. The predicted octanol–water partition coefficient (Wildman–Crippen LogP) is 2.42. The summed E-state index contributed by atoms with van der Waals surface area (Å²) in [4.78, 5) is 19.0. The highest BCUT2D eigenvalue weighted by atomic mass is 16.5. The van der Waals surface area contributed by atoms with E-state index in [-0.39, 0.29) is 0 Å². The van der Waals surface area contributed by atoms with E-state index in [1.165, 1.54) is 17.9 Å². The Bertz CT molecular complexity index is 528. The zero-order valence-electron chi connectivity index (χ0n) is 14.5. The Morgan fingerprint density at radius 1 is 1.30 bits per heavy atom. The lowest BCUT2D eigenvalue weighted by atomic mass is 9.83. The molecule has 0 N–H and O–H groups in total. The van der Waals surface area contributed by atoms with Crippen molar-refractivity contribution in [2.75, 3.05) is 26.8 Å². The molecule has 2 aliphatic rings. The summed E-state index contributed by atoms with van der Waals surface area (Å²) in [7, 11) is 1.74. The molecule has 1 aromatic rings. The molecule has 128 valence electrons. The van der Waals surface area contributed by atoms with Gasteiger partial charge in [0.25, 0.3) is 0 Å². The van der Waals surface area contributed by atoms with Crippen LogP contribution in [0.15, 0.2) is 6.20 Å². The number of carbonyl (C=O) groups excluding carboxylic acids is 1. The van der Waals surface area contributed by atoms with Crippen LogP contribution in [0.3, 0.4) is 0 Å². The Kier molecular flexibility index (Phi) is 5.36. The van der Waals surface area contributed by atoms with Gasteiger partial charge in [0, 0.05) is 51.0 Å². The lowest BCUT2D eigenvalue weighted by Gasteiger charge is -2.36. The molecule has 1 amide bonds. The van der Waals surface area contributed by atoms with Crippen LogP contribution >= 0.6 is 0 Å². The van der Waals surface area contributed by atoms with Crippen molar-refractivity contribution in [3.8, 4) is 0 Å². The Labute approximate surface area is 139 Å². The minimum absolute atomic E-state index is 0.335. The molecule has 2 fully saturated rings. The number of hydrogen-bond donors (Lipinski definition) is 0. The summed E-state index contributed by atoms with van der Waals surface area (Å²) < 4.78 is 7.47. The van der Waals surface area contributed by atoms with Crippen molar-refractivity contribution in [2.45, 2.75) is 52.0 Å². The molecular weight excluding hydrogens is 290 g/mol. The molecule has 0 unspecified atom stereocenters. The molecule has 23 heavy (non-hydrogen) atoms. The van der Waals surface area contributed by atoms with Crippen molar-refractivity contribution in [3.63, 3.8) is 0 Å². The number of aromatic nitrogens is 2. The maximum atomic E-state index is 12.3. The molecule has 1 saturated carbocycles. The van der Waals surface area contributed by atoms with Gasteiger partial charge in [0.2, 0.25) is 5.91 Å². The number of imidazole rings is 1. The van der Waals surface area contributed by atoms with Gasteiger partial charge in [0.15, 0.2) is 0 Å². The summed E-state index contributed by atoms with van der Waals surface area (Å²) in [5.74, 6) is 2.56. The molecule has 3 rings (SSSR count). The fraction of sp³-hybridized carbons (Fsp3) is 0.778. The van der Waals surface area contributed by atoms with E-state index >= 15 is 0 Å². The number of likely N-dealkylation sites (tertiary alicyclic amines) is 1. The summed E-state index contributed by atoms with van der Waals surface area (Å²) in [6.07, 6.45) is 8.63. The quantitative estimate of drug-likeness (QED) is 0.809. The van der Waals surface area contributed by atoms with Gasteiger partial charge in [-0.3, -0.25) is 4.79 Å². The summed E-state index contributed by atoms with van der Waals surface area (Å²) >= 11 is 0. The van der Waals surface area contributed by atoms with Gasteiger partial charge in [-0.15, -0.1) is 0 Å². The number of amides is 1. The Balaban J connectivity index is 1.51. The first kappa shape index (κ1) is 16.5. The van der Waals surface area contributed by atoms with Crippen LogP contribution in [0, 0.1) is 18.8 Å². The lowest BCUT2D eigenvalue weighted by Crippen LogP contribution is -2.43. The summed E-state index contributed by atoms with van der Waals surface area (Å²) in [6, 6.07) is 0.